The highest BCUT2D eigenvalue weighted by molar-refractivity contribution is 9.14. The van der Waals surface area contributed by atoms with Crippen LogP contribution in [0.2, 0.25) is 0 Å². The van der Waals surface area contributed by atoms with Crippen molar-refractivity contribution in [3.63, 3.8) is 0 Å². The summed E-state index contributed by atoms with van der Waals surface area (Å²) in [4.78, 5) is 3.70. The van der Waals surface area contributed by atoms with E-state index in [0.29, 0.717) is 6.61 Å². The van der Waals surface area contributed by atoms with Gasteiger partial charge in [0.15, 0.2) is 5.04 Å². The minimum absolute atomic E-state index is 0.0461. The van der Waals surface area contributed by atoms with Gasteiger partial charge < -0.3 is 4.74 Å². The zero-order valence-corrected chi connectivity index (χ0v) is 8.85. The summed E-state index contributed by atoms with van der Waals surface area (Å²) in [6.07, 6.45) is 1.27. The molecule has 0 atom stereocenters. The third kappa shape index (κ3) is 1.75. The Morgan fingerprint density at radius 1 is 1.67 bits per heavy atom. The number of ether oxygens (including phenoxy) is 1. The number of aliphatic imine (C=N–C) groups is 1. The molecule has 1 heterocycles. The summed E-state index contributed by atoms with van der Waals surface area (Å²) < 4.78 is 27.6. The van der Waals surface area contributed by atoms with E-state index in [1.165, 1.54) is 6.20 Å². The molecule has 0 saturated heterocycles. The quantitative estimate of drug-likeness (QED) is 0.756. The minimum atomic E-state index is -3.34. The van der Waals surface area contributed by atoms with Gasteiger partial charge >= 0.3 is 0 Å². The van der Waals surface area contributed by atoms with Gasteiger partial charge in [0.25, 0.3) is 0 Å². The molecule has 0 saturated carbocycles. The molecule has 1 aliphatic heterocycles. The molecule has 0 unspecified atom stereocenters. The van der Waals surface area contributed by atoms with Gasteiger partial charge in [-0.3, -0.25) is 0 Å². The van der Waals surface area contributed by atoms with Gasteiger partial charge in [-0.05, 0) is 22.9 Å². The summed E-state index contributed by atoms with van der Waals surface area (Å²) in [7, 11) is -3.34. The molecule has 0 aromatic carbocycles. The Kier molecular flexibility index (Phi) is 3.03. The van der Waals surface area contributed by atoms with Gasteiger partial charge in [0, 0.05) is 6.61 Å². The Morgan fingerprint density at radius 3 is 2.75 bits per heavy atom. The van der Waals surface area contributed by atoms with Crippen molar-refractivity contribution >= 4 is 30.8 Å². The molecule has 0 N–H and O–H groups in total. The van der Waals surface area contributed by atoms with E-state index < -0.39 is 9.84 Å². The maximum absolute atomic E-state index is 11.3. The van der Waals surface area contributed by atoms with Crippen molar-refractivity contribution in [3.8, 4) is 0 Å². The Bertz CT molecular complexity index is 331. The molecule has 12 heavy (non-hydrogen) atoms. The lowest BCUT2D eigenvalue weighted by Crippen LogP contribution is -2.17. The fraction of sp³-hybridized carbons (Fsp3) is 0.500. The second kappa shape index (κ2) is 3.68. The van der Waals surface area contributed by atoms with Gasteiger partial charge in [0.1, 0.15) is 10.4 Å². The fourth-order valence-corrected chi connectivity index (χ4v) is 2.19. The monoisotopic (exact) mass is 253 g/mol. The van der Waals surface area contributed by atoms with Crippen molar-refractivity contribution in [1.29, 1.82) is 0 Å². The summed E-state index contributed by atoms with van der Waals surface area (Å²) in [6.45, 7) is 2.32. The van der Waals surface area contributed by atoms with E-state index >= 15 is 0 Å². The molecule has 0 fully saturated rings. The van der Waals surface area contributed by atoms with Crippen LogP contribution in [0.3, 0.4) is 0 Å². The predicted octanol–water partition coefficient (Wildman–Crippen LogP) is 1.04. The number of halogens is 1. The molecular formula is C6H8BrNO3S. The Hall–Kier alpha value is -0.200. The summed E-state index contributed by atoms with van der Waals surface area (Å²) >= 11 is 2.90. The van der Waals surface area contributed by atoms with E-state index in [9.17, 15) is 8.42 Å². The number of hydrogen-bond donors (Lipinski definition) is 0. The molecule has 0 radical (unpaired) electrons. The van der Waals surface area contributed by atoms with Gasteiger partial charge in [0.2, 0.25) is 9.84 Å². The van der Waals surface area contributed by atoms with E-state index in [1.54, 1.807) is 6.92 Å². The van der Waals surface area contributed by atoms with Crippen LogP contribution in [0.5, 0.6) is 0 Å². The van der Waals surface area contributed by atoms with Crippen LogP contribution < -0.4 is 0 Å². The zero-order valence-electron chi connectivity index (χ0n) is 6.45. The lowest BCUT2D eigenvalue weighted by atomic mass is 10.7. The van der Waals surface area contributed by atoms with Gasteiger partial charge in [-0.15, -0.1) is 0 Å². The molecule has 0 amide bonds. The van der Waals surface area contributed by atoms with Crippen LogP contribution in [0.1, 0.15) is 6.92 Å². The fourth-order valence-electron chi connectivity index (χ4n) is 0.678. The molecule has 4 nitrogen and oxygen atoms in total. The highest BCUT2D eigenvalue weighted by atomic mass is 79.9. The second-order valence-corrected chi connectivity index (χ2v) is 5.39. The van der Waals surface area contributed by atoms with Crippen LogP contribution in [0.25, 0.3) is 0 Å². The van der Waals surface area contributed by atoms with Crippen molar-refractivity contribution in [2.45, 2.75) is 6.92 Å². The minimum Gasteiger partial charge on any atom is -0.375 e. The standard InChI is InChI=1S/C6H8BrNO3S/c1-2-11-4-6-8-3-5(7)12(6,9)10/h3H,2,4H2,1H3. The van der Waals surface area contributed by atoms with Crippen LogP contribution in [0.4, 0.5) is 0 Å². The summed E-state index contributed by atoms with van der Waals surface area (Å²) in [6, 6.07) is 0. The first-order valence-corrected chi connectivity index (χ1v) is 5.62. The molecule has 0 spiro atoms. The van der Waals surface area contributed by atoms with Crippen LogP contribution in [-0.4, -0.2) is 26.7 Å². The molecule has 0 aromatic heterocycles. The summed E-state index contributed by atoms with van der Waals surface area (Å²) in [5.74, 6) is 0. The largest absolute Gasteiger partial charge is 0.375 e. The van der Waals surface area contributed by atoms with Crippen LogP contribution in [0.15, 0.2) is 15.0 Å². The van der Waals surface area contributed by atoms with Crippen molar-refractivity contribution in [1.82, 2.24) is 0 Å². The molecule has 1 aliphatic rings. The number of hydrogen-bond acceptors (Lipinski definition) is 4. The predicted molar refractivity (Wildman–Crippen MR) is 49.9 cm³/mol. The third-order valence-electron chi connectivity index (χ3n) is 1.31. The molecule has 1 rings (SSSR count). The molecule has 68 valence electrons. The lowest BCUT2D eigenvalue weighted by Gasteiger charge is -2.00. The van der Waals surface area contributed by atoms with Gasteiger partial charge in [-0.1, -0.05) is 0 Å². The summed E-state index contributed by atoms with van der Waals surface area (Å²) in [5, 5.41) is 0.0659. The van der Waals surface area contributed by atoms with E-state index in [1.807, 2.05) is 0 Å². The number of sulfone groups is 1. The van der Waals surface area contributed by atoms with E-state index in [2.05, 4.69) is 20.9 Å². The van der Waals surface area contributed by atoms with E-state index in [0.717, 1.165) is 0 Å². The normalized spacial score (nSPS) is 20.5. The first-order chi connectivity index (χ1) is 5.59. The van der Waals surface area contributed by atoms with Crippen molar-refractivity contribution in [2.24, 2.45) is 4.99 Å². The second-order valence-electron chi connectivity index (χ2n) is 2.10. The Morgan fingerprint density at radius 2 is 2.33 bits per heavy atom. The molecule has 0 aliphatic carbocycles. The SMILES string of the molecule is CCOCC1=NC=C(Br)S1(=O)=O. The Balaban J connectivity index is 2.74. The zero-order chi connectivity index (χ0) is 9.19. The van der Waals surface area contributed by atoms with Gasteiger partial charge in [-0.2, -0.15) is 0 Å². The molecule has 0 bridgehead atoms. The molecule has 6 heteroatoms. The van der Waals surface area contributed by atoms with E-state index in [-0.39, 0.29) is 15.5 Å². The van der Waals surface area contributed by atoms with Gasteiger partial charge in [-0.25, -0.2) is 13.4 Å². The maximum atomic E-state index is 11.3. The number of rotatable bonds is 3. The topological polar surface area (TPSA) is 55.7 Å². The van der Waals surface area contributed by atoms with Crippen molar-refractivity contribution in [2.75, 3.05) is 13.2 Å². The lowest BCUT2D eigenvalue weighted by molar-refractivity contribution is 0.189. The first kappa shape index (κ1) is 9.88. The smallest absolute Gasteiger partial charge is 0.230 e. The maximum Gasteiger partial charge on any atom is 0.230 e. The number of nitrogens with zero attached hydrogens (tertiary/aromatic N) is 1. The molecule has 0 aromatic rings. The third-order valence-corrected chi connectivity index (χ3v) is 4.25. The first-order valence-electron chi connectivity index (χ1n) is 3.34. The van der Waals surface area contributed by atoms with E-state index in [4.69, 9.17) is 4.74 Å². The van der Waals surface area contributed by atoms with Crippen molar-refractivity contribution < 1.29 is 13.2 Å². The average Bonchev–Trinajstić information content (AvgIpc) is 2.25. The van der Waals surface area contributed by atoms with Crippen molar-refractivity contribution in [3.05, 3.63) is 10.0 Å². The van der Waals surface area contributed by atoms with Crippen LogP contribution in [0, 0.1) is 0 Å². The van der Waals surface area contributed by atoms with Crippen LogP contribution >= 0.6 is 15.9 Å². The van der Waals surface area contributed by atoms with Crippen LogP contribution in [-0.2, 0) is 14.6 Å². The highest BCUT2D eigenvalue weighted by Gasteiger charge is 2.27. The summed E-state index contributed by atoms with van der Waals surface area (Å²) in [5.41, 5.74) is 0. The molecular weight excluding hydrogens is 246 g/mol. The highest BCUT2D eigenvalue weighted by Crippen LogP contribution is 2.22. The Labute approximate surface area is 79.4 Å². The average molecular weight is 254 g/mol. The van der Waals surface area contributed by atoms with Gasteiger partial charge in [0.05, 0.1) is 6.20 Å².